The summed E-state index contributed by atoms with van der Waals surface area (Å²) in [5, 5.41) is 3.96. The van der Waals surface area contributed by atoms with Crippen LogP contribution in [0.15, 0.2) is 36.5 Å². The van der Waals surface area contributed by atoms with Gasteiger partial charge >= 0.3 is 0 Å². The number of hydrogen-bond donors (Lipinski definition) is 2. The Hall–Kier alpha value is -1.78. The minimum atomic E-state index is -0.241. The molecule has 0 spiro atoms. The molecule has 20 heavy (non-hydrogen) atoms. The maximum Gasteiger partial charge on any atom is 0.269 e. The maximum absolute atomic E-state index is 11.8. The van der Waals surface area contributed by atoms with Crippen molar-refractivity contribution < 1.29 is 4.79 Å². The SMILES string of the molecule is Nc1ccc(C(=O)NCCc2ccc(Cl)cc2Cl)nc1. The number of hydrogen-bond acceptors (Lipinski definition) is 3. The molecule has 0 aliphatic carbocycles. The highest BCUT2D eigenvalue weighted by Crippen LogP contribution is 2.21. The summed E-state index contributed by atoms with van der Waals surface area (Å²) >= 11 is 11.9. The van der Waals surface area contributed by atoms with Gasteiger partial charge in [-0.3, -0.25) is 4.79 Å². The number of nitrogen functional groups attached to an aromatic ring is 1. The Balaban J connectivity index is 1.89. The molecule has 1 amide bonds. The van der Waals surface area contributed by atoms with Gasteiger partial charge < -0.3 is 11.1 Å². The Labute approximate surface area is 126 Å². The molecule has 0 aliphatic rings. The van der Waals surface area contributed by atoms with Gasteiger partial charge in [-0.1, -0.05) is 29.3 Å². The third-order valence-electron chi connectivity index (χ3n) is 2.71. The highest BCUT2D eigenvalue weighted by molar-refractivity contribution is 6.35. The largest absolute Gasteiger partial charge is 0.397 e. The van der Waals surface area contributed by atoms with E-state index in [1.54, 1.807) is 24.3 Å². The maximum atomic E-state index is 11.8. The van der Waals surface area contributed by atoms with Crippen LogP contribution in [0.25, 0.3) is 0 Å². The van der Waals surface area contributed by atoms with E-state index in [1.165, 1.54) is 6.20 Å². The highest BCUT2D eigenvalue weighted by atomic mass is 35.5. The molecule has 1 heterocycles. The average Bonchev–Trinajstić information content (AvgIpc) is 2.42. The van der Waals surface area contributed by atoms with E-state index < -0.39 is 0 Å². The Morgan fingerprint density at radius 2 is 2.05 bits per heavy atom. The fourth-order valence-corrected chi connectivity index (χ4v) is 2.17. The van der Waals surface area contributed by atoms with Crippen molar-refractivity contribution in [3.8, 4) is 0 Å². The number of aromatic nitrogens is 1. The number of nitrogens with two attached hydrogens (primary N) is 1. The van der Waals surface area contributed by atoms with E-state index in [-0.39, 0.29) is 5.91 Å². The van der Waals surface area contributed by atoms with Crippen LogP contribution in [0, 0.1) is 0 Å². The van der Waals surface area contributed by atoms with E-state index >= 15 is 0 Å². The zero-order valence-electron chi connectivity index (χ0n) is 10.6. The van der Waals surface area contributed by atoms with Gasteiger partial charge in [-0.2, -0.15) is 0 Å². The summed E-state index contributed by atoms with van der Waals surface area (Å²) < 4.78 is 0. The number of pyridine rings is 1. The van der Waals surface area contributed by atoms with Gasteiger partial charge in [0, 0.05) is 16.6 Å². The number of nitrogens with zero attached hydrogens (tertiary/aromatic N) is 1. The smallest absolute Gasteiger partial charge is 0.269 e. The molecule has 0 bridgehead atoms. The molecule has 2 rings (SSSR count). The molecule has 0 atom stereocenters. The van der Waals surface area contributed by atoms with E-state index in [2.05, 4.69) is 10.3 Å². The summed E-state index contributed by atoms with van der Waals surface area (Å²) in [6, 6.07) is 8.52. The van der Waals surface area contributed by atoms with Crippen molar-refractivity contribution in [3.05, 3.63) is 57.8 Å². The minimum absolute atomic E-state index is 0.241. The van der Waals surface area contributed by atoms with Crippen molar-refractivity contribution in [2.24, 2.45) is 0 Å². The van der Waals surface area contributed by atoms with Crippen molar-refractivity contribution in [2.45, 2.75) is 6.42 Å². The summed E-state index contributed by atoms with van der Waals surface area (Å²) in [6.45, 7) is 0.465. The minimum Gasteiger partial charge on any atom is -0.397 e. The van der Waals surface area contributed by atoms with E-state index in [0.717, 1.165) is 5.56 Å². The van der Waals surface area contributed by atoms with Crippen molar-refractivity contribution in [1.82, 2.24) is 10.3 Å². The molecule has 0 fully saturated rings. The predicted octanol–water partition coefficient (Wildman–Crippen LogP) is 2.94. The van der Waals surface area contributed by atoms with Gasteiger partial charge in [0.15, 0.2) is 0 Å². The Morgan fingerprint density at radius 1 is 1.25 bits per heavy atom. The first-order valence-corrected chi connectivity index (χ1v) is 6.75. The van der Waals surface area contributed by atoms with E-state index in [9.17, 15) is 4.79 Å². The third-order valence-corrected chi connectivity index (χ3v) is 3.30. The second-order valence-corrected chi connectivity index (χ2v) is 5.06. The van der Waals surface area contributed by atoms with E-state index in [1.807, 2.05) is 6.07 Å². The molecule has 0 saturated carbocycles. The fourth-order valence-electron chi connectivity index (χ4n) is 1.67. The molecule has 6 heteroatoms. The number of carbonyl (C=O) groups is 1. The number of anilines is 1. The van der Waals surface area contributed by atoms with Crippen LogP contribution in [-0.2, 0) is 6.42 Å². The van der Waals surface area contributed by atoms with E-state index in [0.29, 0.717) is 34.4 Å². The first kappa shape index (κ1) is 14.6. The molecule has 0 radical (unpaired) electrons. The molecule has 104 valence electrons. The average molecular weight is 310 g/mol. The van der Waals surface area contributed by atoms with Crippen LogP contribution in [-0.4, -0.2) is 17.4 Å². The summed E-state index contributed by atoms with van der Waals surface area (Å²) in [4.78, 5) is 15.8. The molecule has 2 aromatic rings. The molecule has 4 nitrogen and oxygen atoms in total. The lowest BCUT2D eigenvalue weighted by Crippen LogP contribution is -2.26. The number of rotatable bonds is 4. The van der Waals surface area contributed by atoms with E-state index in [4.69, 9.17) is 28.9 Å². The zero-order valence-corrected chi connectivity index (χ0v) is 12.1. The number of halogens is 2. The molecule has 1 aromatic heterocycles. The second-order valence-electron chi connectivity index (χ2n) is 4.22. The van der Waals surface area contributed by atoms with Crippen molar-refractivity contribution in [1.29, 1.82) is 0 Å². The van der Waals surface area contributed by atoms with Crippen LogP contribution in [0.3, 0.4) is 0 Å². The molecule has 0 aliphatic heterocycles. The monoisotopic (exact) mass is 309 g/mol. The lowest BCUT2D eigenvalue weighted by atomic mass is 10.1. The standard InChI is InChI=1S/C14H13Cl2N3O/c15-10-2-1-9(12(16)7-10)5-6-18-14(20)13-4-3-11(17)8-19-13/h1-4,7-8H,5-6,17H2,(H,18,20). The van der Waals surface area contributed by atoms with Gasteiger partial charge in [0.2, 0.25) is 0 Å². The van der Waals surface area contributed by atoms with Gasteiger partial charge in [0.25, 0.3) is 5.91 Å². The molecule has 1 aromatic carbocycles. The summed E-state index contributed by atoms with van der Waals surface area (Å²) in [5.74, 6) is -0.241. The zero-order chi connectivity index (χ0) is 14.5. The quantitative estimate of drug-likeness (QED) is 0.912. The van der Waals surface area contributed by atoms with Crippen LogP contribution in [0.2, 0.25) is 10.0 Å². The fraction of sp³-hybridized carbons (Fsp3) is 0.143. The Morgan fingerprint density at radius 3 is 2.70 bits per heavy atom. The number of nitrogens with one attached hydrogen (secondary N) is 1. The van der Waals surface area contributed by atoms with Crippen LogP contribution in [0.4, 0.5) is 5.69 Å². The predicted molar refractivity (Wildman–Crippen MR) is 81.1 cm³/mol. The summed E-state index contributed by atoms with van der Waals surface area (Å²) in [5.41, 5.74) is 7.30. The van der Waals surface area contributed by atoms with Crippen LogP contribution < -0.4 is 11.1 Å². The Bertz CT molecular complexity index is 614. The summed E-state index contributed by atoms with van der Waals surface area (Å²) in [6.07, 6.45) is 2.07. The molecule has 0 saturated heterocycles. The highest BCUT2D eigenvalue weighted by Gasteiger charge is 2.07. The van der Waals surface area contributed by atoms with Crippen molar-refractivity contribution in [3.63, 3.8) is 0 Å². The van der Waals surface area contributed by atoms with Gasteiger partial charge in [0.05, 0.1) is 11.9 Å². The van der Waals surface area contributed by atoms with Crippen LogP contribution >= 0.6 is 23.2 Å². The molecular formula is C14H13Cl2N3O. The lowest BCUT2D eigenvalue weighted by molar-refractivity contribution is 0.0949. The number of carbonyl (C=O) groups excluding carboxylic acids is 1. The Kier molecular flexibility index (Phi) is 4.82. The number of amides is 1. The number of benzene rings is 1. The summed E-state index contributed by atoms with van der Waals surface area (Å²) in [7, 11) is 0. The van der Waals surface area contributed by atoms with Gasteiger partial charge in [0.1, 0.15) is 5.69 Å². The van der Waals surface area contributed by atoms with Gasteiger partial charge in [-0.05, 0) is 36.2 Å². The molecule has 0 unspecified atom stereocenters. The topological polar surface area (TPSA) is 68.0 Å². The molecule has 3 N–H and O–H groups in total. The first-order valence-electron chi connectivity index (χ1n) is 6.00. The normalized spacial score (nSPS) is 10.3. The van der Waals surface area contributed by atoms with Crippen LogP contribution in [0.1, 0.15) is 16.1 Å². The first-order chi connectivity index (χ1) is 9.56. The van der Waals surface area contributed by atoms with Crippen LogP contribution in [0.5, 0.6) is 0 Å². The van der Waals surface area contributed by atoms with Gasteiger partial charge in [-0.15, -0.1) is 0 Å². The second kappa shape index (κ2) is 6.59. The van der Waals surface area contributed by atoms with Crippen molar-refractivity contribution >= 4 is 34.8 Å². The lowest BCUT2D eigenvalue weighted by Gasteiger charge is -2.07. The van der Waals surface area contributed by atoms with Gasteiger partial charge in [-0.25, -0.2) is 4.98 Å². The third kappa shape index (κ3) is 3.85. The van der Waals surface area contributed by atoms with Crippen molar-refractivity contribution in [2.75, 3.05) is 12.3 Å². The molecular weight excluding hydrogens is 297 g/mol.